The number of alkyl halides is 4. The van der Waals surface area contributed by atoms with Crippen molar-refractivity contribution in [1.82, 2.24) is 0 Å². The minimum Gasteiger partial charge on any atom is -0.468 e. The van der Waals surface area contributed by atoms with Gasteiger partial charge in [-0.1, -0.05) is 33.6 Å². The fourth-order valence-electron chi connectivity index (χ4n) is 1.16. The molecule has 0 bridgehead atoms. The first-order chi connectivity index (χ1) is 7.77. The molecule has 0 aliphatic heterocycles. The molecule has 2 nitrogen and oxygen atoms in total. The van der Waals surface area contributed by atoms with Crippen molar-refractivity contribution in [2.24, 2.45) is 0 Å². The van der Waals surface area contributed by atoms with Gasteiger partial charge < -0.3 is 4.74 Å². The second kappa shape index (κ2) is 5.27. The van der Waals surface area contributed by atoms with Crippen LogP contribution in [0.4, 0.5) is 13.2 Å². The summed E-state index contributed by atoms with van der Waals surface area (Å²) in [5.41, 5.74) is -0.849. The number of rotatable bonds is 2. The quantitative estimate of drug-likeness (QED) is 0.605. The Balaban J connectivity index is 3.17. The van der Waals surface area contributed by atoms with Crippen LogP contribution in [0.15, 0.2) is 18.2 Å². The molecule has 1 rings (SSSR count). The molecule has 17 heavy (non-hydrogen) atoms. The molecule has 1 atom stereocenters. The highest BCUT2D eigenvalue weighted by Gasteiger charge is 2.34. The number of hydrogen-bond acceptors (Lipinski definition) is 2. The average Bonchev–Trinajstić information content (AvgIpc) is 2.26. The highest BCUT2D eigenvalue weighted by atomic mass is 79.9. The Morgan fingerprint density at radius 1 is 1.47 bits per heavy atom. The molecule has 0 heterocycles. The lowest BCUT2D eigenvalue weighted by molar-refractivity contribution is -0.140. The maximum atomic E-state index is 12.6. The summed E-state index contributed by atoms with van der Waals surface area (Å²) in [5.74, 6) is -0.680. The maximum absolute atomic E-state index is 12.6. The van der Waals surface area contributed by atoms with E-state index in [9.17, 15) is 18.0 Å². The Hall–Kier alpha value is -0.750. The number of methoxy groups -OCH3 is 1. The maximum Gasteiger partial charge on any atom is 0.417 e. The summed E-state index contributed by atoms with van der Waals surface area (Å²) in [6, 6.07) is 3.24. The fraction of sp³-hybridized carbons (Fsp3) is 0.300. The van der Waals surface area contributed by atoms with Gasteiger partial charge >= 0.3 is 12.1 Å². The van der Waals surface area contributed by atoms with Gasteiger partial charge in [-0.2, -0.15) is 13.2 Å². The smallest absolute Gasteiger partial charge is 0.417 e. The molecular formula is C10H7BrClF3O2. The Morgan fingerprint density at radius 3 is 2.53 bits per heavy atom. The first-order valence-electron chi connectivity index (χ1n) is 4.36. The average molecular weight is 332 g/mol. The third kappa shape index (κ3) is 3.35. The van der Waals surface area contributed by atoms with E-state index in [4.69, 9.17) is 11.6 Å². The molecule has 1 aromatic carbocycles. The van der Waals surface area contributed by atoms with Gasteiger partial charge in [0.15, 0.2) is 0 Å². The van der Waals surface area contributed by atoms with E-state index in [1.807, 2.05) is 0 Å². The minimum absolute atomic E-state index is 0.133. The molecule has 94 valence electrons. The third-order valence-electron chi connectivity index (χ3n) is 2.00. The Bertz CT molecular complexity index is 434. The van der Waals surface area contributed by atoms with E-state index in [0.29, 0.717) is 0 Å². The van der Waals surface area contributed by atoms with Crippen molar-refractivity contribution in [2.75, 3.05) is 7.11 Å². The number of halogens is 5. The van der Waals surface area contributed by atoms with Crippen molar-refractivity contribution in [3.05, 3.63) is 34.3 Å². The molecule has 0 fully saturated rings. The van der Waals surface area contributed by atoms with E-state index in [-0.39, 0.29) is 5.56 Å². The molecule has 0 N–H and O–H groups in total. The largest absolute Gasteiger partial charge is 0.468 e. The van der Waals surface area contributed by atoms with Crippen molar-refractivity contribution < 1.29 is 22.7 Å². The molecule has 0 aliphatic rings. The lowest BCUT2D eigenvalue weighted by Crippen LogP contribution is -2.11. The molecule has 0 amide bonds. The Kier molecular flexibility index (Phi) is 4.43. The van der Waals surface area contributed by atoms with E-state index < -0.39 is 27.6 Å². The van der Waals surface area contributed by atoms with Crippen LogP contribution in [0.2, 0.25) is 5.02 Å². The van der Waals surface area contributed by atoms with Gasteiger partial charge in [-0.3, -0.25) is 4.79 Å². The predicted octanol–water partition coefficient (Wildman–Crippen LogP) is 3.97. The van der Waals surface area contributed by atoms with Crippen molar-refractivity contribution in [2.45, 2.75) is 11.0 Å². The van der Waals surface area contributed by atoms with Crippen molar-refractivity contribution in [3.8, 4) is 0 Å². The summed E-state index contributed by atoms with van der Waals surface area (Å²) in [7, 11) is 1.15. The van der Waals surface area contributed by atoms with Crippen LogP contribution < -0.4 is 0 Å². The molecule has 0 aromatic heterocycles. The summed E-state index contributed by atoms with van der Waals surface area (Å²) < 4.78 is 42.1. The molecule has 0 aliphatic carbocycles. The van der Waals surface area contributed by atoms with Gasteiger partial charge in [-0.25, -0.2) is 0 Å². The monoisotopic (exact) mass is 330 g/mol. The van der Waals surface area contributed by atoms with Crippen LogP contribution in [-0.4, -0.2) is 13.1 Å². The molecule has 0 saturated carbocycles. The minimum atomic E-state index is -4.56. The molecule has 0 spiro atoms. The van der Waals surface area contributed by atoms with Crippen LogP contribution in [0.1, 0.15) is 16.0 Å². The standard InChI is InChI=1S/C10H7BrClF3O2/c1-17-9(16)8(11)5-2-3-7(12)6(4-5)10(13,14)15/h2-4,8H,1H3. The zero-order chi connectivity index (χ0) is 13.2. The van der Waals surface area contributed by atoms with Gasteiger partial charge in [0, 0.05) is 0 Å². The van der Waals surface area contributed by atoms with Gasteiger partial charge in [-0.05, 0) is 17.7 Å². The number of esters is 1. The summed E-state index contributed by atoms with van der Waals surface area (Å²) >= 11 is 8.40. The SMILES string of the molecule is COC(=O)C(Br)c1ccc(Cl)c(C(F)(F)F)c1. The van der Waals surface area contributed by atoms with Crippen LogP contribution in [0.3, 0.4) is 0 Å². The number of carbonyl (C=O) groups excluding carboxylic acids is 1. The first kappa shape index (κ1) is 14.3. The highest BCUT2D eigenvalue weighted by molar-refractivity contribution is 9.09. The second-order valence-electron chi connectivity index (χ2n) is 3.12. The summed E-state index contributed by atoms with van der Waals surface area (Å²) in [6.45, 7) is 0. The van der Waals surface area contributed by atoms with Crippen LogP contribution >= 0.6 is 27.5 Å². The van der Waals surface area contributed by atoms with Crippen molar-refractivity contribution in [1.29, 1.82) is 0 Å². The van der Waals surface area contributed by atoms with Gasteiger partial charge in [0.25, 0.3) is 0 Å². The lowest BCUT2D eigenvalue weighted by atomic mass is 10.1. The Labute approximate surface area is 109 Å². The van der Waals surface area contributed by atoms with E-state index >= 15 is 0 Å². The summed E-state index contributed by atoms with van der Waals surface area (Å²) in [6.07, 6.45) is -4.56. The molecular weight excluding hydrogens is 324 g/mol. The summed E-state index contributed by atoms with van der Waals surface area (Å²) in [5, 5.41) is -0.411. The van der Waals surface area contributed by atoms with Gasteiger partial charge in [0.1, 0.15) is 4.83 Å². The van der Waals surface area contributed by atoms with E-state index in [2.05, 4.69) is 20.7 Å². The van der Waals surface area contributed by atoms with Crippen LogP contribution in [0.25, 0.3) is 0 Å². The number of hydrogen-bond donors (Lipinski definition) is 0. The first-order valence-corrected chi connectivity index (χ1v) is 5.65. The van der Waals surface area contributed by atoms with Gasteiger partial charge in [0.05, 0.1) is 17.7 Å². The topological polar surface area (TPSA) is 26.3 Å². The zero-order valence-corrected chi connectivity index (χ0v) is 10.9. The Morgan fingerprint density at radius 2 is 2.06 bits per heavy atom. The lowest BCUT2D eigenvalue weighted by Gasteiger charge is -2.13. The molecule has 7 heteroatoms. The van der Waals surface area contributed by atoms with Crippen LogP contribution in [-0.2, 0) is 15.7 Å². The van der Waals surface area contributed by atoms with Crippen molar-refractivity contribution in [3.63, 3.8) is 0 Å². The zero-order valence-electron chi connectivity index (χ0n) is 8.52. The second-order valence-corrected chi connectivity index (χ2v) is 4.45. The van der Waals surface area contributed by atoms with Crippen LogP contribution in [0, 0.1) is 0 Å². The normalized spacial score (nSPS) is 13.3. The molecule has 1 unspecified atom stereocenters. The number of benzene rings is 1. The van der Waals surface area contributed by atoms with Gasteiger partial charge in [0.2, 0.25) is 0 Å². The predicted molar refractivity (Wildman–Crippen MR) is 60.1 cm³/mol. The molecule has 0 saturated heterocycles. The van der Waals surface area contributed by atoms with E-state index in [1.165, 1.54) is 6.07 Å². The molecule has 0 radical (unpaired) electrons. The van der Waals surface area contributed by atoms with Gasteiger partial charge in [-0.15, -0.1) is 0 Å². The summed E-state index contributed by atoms with van der Waals surface area (Å²) in [4.78, 5) is 10.2. The third-order valence-corrected chi connectivity index (χ3v) is 3.23. The fourth-order valence-corrected chi connectivity index (χ4v) is 1.85. The van der Waals surface area contributed by atoms with E-state index in [0.717, 1.165) is 19.2 Å². The van der Waals surface area contributed by atoms with Crippen LogP contribution in [0.5, 0.6) is 0 Å². The highest BCUT2D eigenvalue weighted by Crippen LogP contribution is 2.37. The van der Waals surface area contributed by atoms with E-state index in [1.54, 1.807) is 0 Å². The molecule has 1 aromatic rings. The number of ether oxygens (including phenoxy) is 1. The number of carbonyl (C=O) groups is 1. The van der Waals surface area contributed by atoms with Crippen molar-refractivity contribution >= 4 is 33.5 Å².